The molecule has 3 nitrogen and oxygen atoms in total. The van der Waals surface area contributed by atoms with E-state index in [2.05, 4.69) is 68.4 Å². The van der Waals surface area contributed by atoms with Gasteiger partial charge in [0.2, 0.25) is 0 Å². The van der Waals surface area contributed by atoms with Crippen molar-refractivity contribution in [3.63, 3.8) is 0 Å². The average molecular weight is 393 g/mol. The van der Waals surface area contributed by atoms with Gasteiger partial charge in [-0.1, -0.05) is 53.6 Å². The molecule has 5 rings (SSSR count). The normalized spacial score (nSPS) is 12.0. The predicted molar refractivity (Wildman–Crippen MR) is 121 cm³/mol. The molecule has 0 atom stereocenters. The van der Waals surface area contributed by atoms with Crippen LogP contribution in [0.5, 0.6) is 11.5 Å². The molecule has 4 aromatic rings. The van der Waals surface area contributed by atoms with Crippen LogP contribution in [0.2, 0.25) is 0 Å². The van der Waals surface area contributed by atoms with Crippen molar-refractivity contribution in [1.29, 1.82) is 0 Å². The molecule has 1 aliphatic heterocycles. The van der Waals surface area contributed by atoms with Gasteiger partial charge >= 0.3 is 0 Å². The van der Waals surface area contributed by atoms with Gasteiger partial charge in [-0.15, -0.1) is 0 Å². The van der Waals surface area contributed by atoms with Crippen molar-refractivity contribution in [3.05, 3.63) is 89.5 Å². The Morgan fingerprint density at radius 2 is 1.47 bits per heavy atom. The lowest BCUT2D eigenvalue weighted by Crippen LogP contribution is -2.10. The van der Waals surface area contributed by atoms with Crippen LogP contribution in [0.3, 0.4) is 0 Å². The van der Waals surface area contributed by atoms with Gasteiger partial charge in [0, 0.05) is 16.7 Å². The largest absolute Gasteiger partial charge is 0.497 e. The zero-order valence-electron chi connectivity index (χ0n) is 17.4. The first-order valence-electron chi connectivity index (χ1n) is 10.1. The molecule has 0 spiro atoms. The van der Waals surface area contributed by atoms with Gasteiger partial charge < -0.3 is 9.47 Å². The summed E-state index contributed by atoms with van der Waals surface area (Å²) in [7, 11) is 1.69. The molecule has 0 saturated carbocycles. The van der Waals surface area contributed by atoms with Crippen LogP contribution < -0.4 is 9.47 Å². The Bertz CT molecular complexity index is 1230. The van der Waals surface area contributed by atoms with Crippen molar-refractivity contribution in [2.75, 3.05) is 7.11 Å². The Hall–Kier alpha value is -3.59. The number of pyridine rings is 1. The molecule has 1 aliphatic rings. The number of benzene rings is 3. The summed E-state index contributed by atoms with van der Waals surface area (Å²) in [6.45, 7) is 4.71. The van der Waals surface area contributed by atoms with E-state index in [0.717, 1.165) is 50.7 Å². The van der Waals surface area contributed by atoms with E-state index in [0.29, 0.717) is 6.61 Å². The molecule has 3 aromatic carbocycles. The monoisotopic (exact) mass is 393 g/mol. The van der Waals surface area contributed by atoms with Crippen LogP contribution in [0, 0.1) is 13.8 Å². The molecular formula is C27H23NO2. The molecule has 3 heteroatoms. The Morgan fingerprint density at radius 1 is 0.767 bits per heavy atom. The number of rotatable bonds is 3. The zero-order valence-corrected chi connectivity index (χ0v) is 17.4. The molecular weight excluding hydrogens is 370 g/mol. The summed E-state index contributed by atoms with van der Waals surface area (Å²) in [6.07, 6.45) is 0. The lowest BCUT2D eigenvalue weighted by atomic mass is 9.92. The van der Waals surface area contributed by atoms with Crippen molar-refractivity contribution < 1.29 is 9.47 Å². The highest BCUT2D eigenvalue weighted by molar-refractivity contribution is 5.84. The summed E-state index contributed by atoms with van der Waals surface area (Å²) in [6, 6.07) is 25.2. The molecule has 0 fully saturated rings. The molecule has 1 aromatic heterocycles. The second-order valence-electron chi connectivity index (χ2n) is 7.77. The number of nitrogens with zero attached hydrogens (tertiary/aromatic N) is 1. The van der Waals surface area contributed by atoms with E-state index in [4.69, 9.17) is 14.5 Å². The minimum atomic E-state index is 0.508. The summed E-state index contributed by atoms with van der Waals surface area (Å²) < 4.78 is 11.5. The van der Waals surface area contributed by atoms with Gasteiger partial charge in [-0.2, -0.15) is 0 Å². The Balaban J connectivity index is 1.76. The van der Waals surface area contributed by atoms with Gasteiger partial charge in [0.25, 0.3) is 0 Å². The van der Waals surface area contributed by atoms with Crippen LogP contribution in [-0.2, 0) is 6.61 Å². The highest BCUT2D eigenvalue weighted by Gasteiger charge is 2.23. The third-order valence-corrected chi connectivity index (χ3v) is 5.63. The van der Waals surface area contributed by atoms with Crippen molar-refractivity contribution in [2.45, 2.75) is 20.5 Å². The van der Waals surface area contributed by atoms with E-state index >= 15 is 0 Å². The Labute approximate surface area is 177 Å². The maximum atomic E-state index is 6.11. The number of aromatic nitrogens is 1. The maximum Gasteiger partial charge on any atom is 0.129 e. The van der Waals surface area contributed by atoms with Crippen LogP contribution >= 0.6 is 0 Å². The minimum Gasteiger partial charge on any atom is -0.497 e. The van der Waals surface area contributed by atoms with E-state index < -0.39 is 0 Å². The van der Waals surface area contributed by atoms with Crippen LogP contribution in [0.4, 0.5) is 0 Å². The smallest absolute Gasteiger partial charge is 0.129 e. The fourth-order valence-electron chi connectivity index (χ4n) is 3.95. The molecule has 0 aliphatic carbocycles. The number of ether oxygens (including phenoxy) is 2. The lowest BCUT2D eigenvalue weighted by molar-refractivity contribution is 0.302. The van der Waals surface area contributed by atoms with Crippen molar-refractivity contribution in [1.82, 2.24) is 4.98 Å². The molecule has 0 saturated heterocycles. The van der Waals surface area contributed by atoms with E-state index in [1.54, 1.807) is 7.11 Å². The second-order valence-corrected chi connectivity index (χ2v) is 7.77. The number of fused-ring (bicyclic) bond motifs is 3. The summed E-state index contributed by atoms with van der Waals surface area (Å²) in [5, 5.41) is 0. The summed E-state index contributed by atoms with van der Waals surface area (Å²) in [5.41, 5.74) is 9.96. The van der Waals surface area contributed by atoms with Crippen LogP contribution in [0.15, 0.2) is 72.8 Å². The van der Waals surface area contributed by atoms with Crippen LogP contribution in [0.25, 0.3) is 33.6 Å². The van der Waals surface area contributed by atoms with E-state index in [1.165, 1.54) is 11.1 Å². The first-order valence-corrected chi connectivity index (χ1v) is 10.1. The molecule has 0 radical (unpaired) electrons. The standard InChI is InChI=1S/C27H23NO2/c1-17-4-7-20(8-5-17)25-15-22(19-9-11-21(29-3)12-10-19)24-16-30-26-13-6-18(2)14-23(26)27(24)28-25/h4-15H,16H2,1-3H3. The number of methoxy groups -OCH3 is 1. The van der Waals surface area contributed by atoms with E-state index in [1.807, 2.05) is 18.2 Å². The van der Waals surface area contributed by atoms with Gasteiger partial charge in [-0.25, -0.2) is 4.98 Å². The topological polar surface area (TPSA) is 31.4 Å². The number of aryl methyl sites for hydroxylation is 2. The van der Waals surface area contributed by atoms with Crippen molar-refractivity contribution in [2.24, 2.45) is 0 Å². The summed E-state index contributed by atoms with van der Waals surface area (Å²) in [5.74, 6) is 1.74. The van der Waals surface area contributed by atoms with Crippen molar-refractivity contribution in [3.8, 4) is 45.1 Å². The quantitative estimate of drug-likeness (QED) is 0.393. The molecule has 0 amide bonds. The molecule has 0 bridgehead atoms. The molecule has 2 heterocycles. The van der Waals surface area contributed by atoms with Crippen LogP contribution in [0.1, 0.15) is 16.7 Å². The Morgan fingerprint density at radius 3 is 2.20 bits per heavy atom. The zero-order chi connectivity index (χ0) is 20.7. The summed E-state index contributed by atoms with van der Waals surface area (Å²) >= 11 is 0. The average Bonchev–Trinajstić information content (AvgIpc) is 2.79. The minimum absolute atomic E-state index is 0.508. The van der Waals surface area contributed by atoms with Gasteiger partial charge in [0.15, 0.2) is 0 Å². The molecule has 30 heavy (non-hydrogen) atoms. The SMILES string of the molecule is COc1ccc(-c2cc(-c3ccc(C)cc3)nc3c2COc2ccc(C)cc2-3)cc1. The number of hydrogen-bond acceptors (Lipinski definition) is 3. The van der Waals surface area contributed by atoms with Crippen LogP contribution in [-0.4, -0.2) is 12.1 Å². The van der Waals surface area contributed by atoms with Gasteiger partial charge in [-0.3, -0.25) is 0 Å². The lowest BCUT2D eigenvalue weighted by Gasteiger charge is -2.24. The molecule has 0 unspecified atom stereocenters. The summed E-state index contributed by atoms with van der Waals surface area (Å²) in [4.78, 5) is 5.11. The fraction of sp³-hybridized carbons (Fsp3) is 0.148. The van der Waals surface area contributed by atoms with Gasteiger partial charge in [0.1, 0.15) is 18.1 Å². The van der Waals surface area contributed by atoms with Crippen molar-refractivity contribution >= 4 is 0 Å². The third-order valence-electron chi connectivity index (χ3n) is 5.63. The maximum absolute atomic E-state index is 6.11. The Kier molecular flexibility index (Phi) is 4.51. The van der Waals surface area contributed by atoms with Gasteiger partial charge in [-0.05, 0) is 55.3 Å². The van der Waals surface area contributed by atoms with E-state index in [9.17, 15) is 0 Å². The van der Waals surface area contributed by atoms with E-state index in [-0.39, 0.29) is 0 Å². The highest BCUT2D eigenvalue weighted by atomic mass is 16.5. The molecule has 0 N–H and O–H groups in total. The fourth-order valence-corrected chi connectivity index (χ4v) is 3.95. The molecule has 148 valence electrons. The highest BCUT2D eigenvalue weighted by Crippen LogP contribution is 2.42. The second kappa shape index (κ2) is 7.34. The first kappa shape index (κ1) is 18.4. The number of hydrogen-bond donors (Lipinski definition) is 0. The van der Waals surface area contributed by atoms with Gasteiger partial charge in [0.05, 0.1) is 18.5 Å². The first-order chi connectivity index (χ1) is 14.6. The third kappa shape index (κ3) is 3.22. The predicted octanol–water partition coefficient (Wildman–Crippen LogP) is 6.60.